The Morgan fingerprint density at radius 3 is 2.20 bits per heavy atom. The van der Waals surface area contributed by atoms with Crippen LogP contribution >= 0.6 is 0 Å². The highest BCUT2D eigenvalue weighted by Crippen LogP contribution is 2.41. The van der Waals surface area contributed by atoms with Crippen LogP contribution in [-0.4, -0.2) is 31.7 Å². The molecule has 0 aliphatic heterocycles. The molecule has 3 rings (SSSR count). The van der Waals surface area contributed by atoms with E-state index in [0.29, 0.717) is 19.0 Å². The summed E-state index contributed by atoms with van der Waals surface area (Å²) in [5.41, 5.74) is 3.11. The molecular weight excluding hydrogens is 396 g/mol. The van der Waals surface area contributed by atoms with Gasteiger partial charge in [0.05, 0.1) is 10.9 Å². The summed E-state index contributed by atoms with van der Waals surface area (Å²) in [7, 11) is -3.47. The zero-order valence-electron chi connectivity index (χ0n) is 17.8. The summed E-state index contributed by atoms with van der Waals surface area (Å²) < 4.78 is 26.5. The highest BCUT2D eigenvalue weighted by molar-refractivity contribution is 7.89. The first-order chi connectivity index (χ1) is 14.3. The second-order valence-electron chi connectivity index (χ2n) is 7.73. The van der Waals surface area contributed by atoms with E-state index in [1.54, 1.807) is 30.3 Å². The molecule has 5 nitrogen and oxygen atoms in total. The van der Waals surface area contributed by atoms with Gasteiger partial charge in [0, 0.05) is 19.2 Å². The van der Waals surface area contributed by atoms with E-state index < -0.39 is 10.0 Å². The molecule has 1 unspecified atom stereocenters. The van der Waals surface area contributed by atoms with Gasteiger partial charge in [-0.15, -0.1) is 0 Å². The number of amides is 1. The third-order valence-corrected chi connectivity index (χ3v) is 7.54. The fraction of sp³-hybridized carbons (Fsp3) is 0.375. The van der Waals surface area contributed by atoms with E-state index in [4.69, 9.17) is 0 Å². The quantitative estimate of drug-likeness (QED) is 0.608. The number of hydrogen-bond acceptors (Lipinski definition) is 3. The summed E-state index contributed by atoms with van der Waals surface area (Å²) >= 11 is 0. The van der Waals surface area contributed by atoms with Crippen molar-refractivity contribution < 1.29 is 13.2 Å². The molecule has 6 heteroatoms. The number of benzene rings is 2. The van der Waals surface area contributed by atoms with Crippen molar-refractivity contribution in [2.45, 2.75) is 44.6 Å². The first kappa shape index (κ1) is 22.2. The third kappa shape index (κ3) is 5.37. The van der Waals surface area contributed by atoms with Crippen molar-refractivity contribution in [3.05, 3.63) is 71.3 Å². The molecule has 1 saturated carbocycles. The second kappa shape index (κ2) is 9.58. The summed E-state index contributed by atoms with van der Waals surface area (Å²) in [6.07, 6.45) is 5.48. The van der Waals surface area contributed by atoms with Gasteiger partial charge in [-0.25, -0.2) is 8.42 Å². The van der Waals surface area contributed by atoms with E-state index in [2.05, 4.69) is 36.5 Å². The molecule has 160 valence electrons. The standard InChI is InChI=1S/C24H30N2O3S/c1-4-26(5-2)30(28,29)22-15-8-19(9-16-22)10-17-23(27)25-24(21-13-14-21)20-11-6-18(3)7-12-20/h6-12,15-17,21,24H,4-5,13-14H2,1-3H3,(H,25,27)/b17-10+. The number of aryl methyl sites for hydroxylation is 1. The van der Waals surface area contributed by atoms with Crippen molar-refractivity contribution in [3.63, 3.8) is 0 Å². The highest BCUT2D eigenvalue weighted by Gasteiger charge is 2.33. The molecule has 0 spiro atoms. The summed E-state index contributed by atoms with van der Waals surface area (Å²) in [4.78, 5) is 12.8. The van der Waals surface area contributed by atoms with Crippen molar-refractivity contribution in [2.75, 3.05) is 13.1 Å². The molecule has 1 fully saturated rings. The van der Waals surface area contributed by atoms with E-state index in [9.17, 15) is 13.2 Å². The molecule has 0 radical (unpaired) electrons. The molecule has 1 amide bonds. The molecule has 0 aromatic heterocycles. The Kier molecular flexibility index (Phi) is 7.10. The Bertz CT molecular complexity index is 988. The van der Waals surface area contributed by atoms with E-state index in [1.807, 2.05) is 13.8 Å². The van der Waals surface area contributed by atoms with Crippen LogP contribution in [0.4, 0.5) is 0 Å². The Hall–Kier alpha value is -2.44. The Labute approximate surface area is 179 Å². The van der Waals surface area contributed by atoms with Crippen LogP contribution in [-0.2, 0) is 14.8 Å². The Morgan fingerprint density at radius 2 is 1.67 bits per heavy atom. The summed E-state index contributed by atoms with van der Waals surface area (Å²) in [6.45, 7) is 6.56. The van der Waals surface area contributed by atoms with Gasteiger partial charge in [-0.05, 0) is 55.0 Å². The van der Waals surface area contributed by atoms with Gasteiger partial charge in [-0.3, -0.25) is 4.79 Å². The number of nitrogens with zero attached hydrogens (tertiary/aromatic N) is 1. The van der Waals surface area contributed by atoms with Gasteiger partial charge in [0.1, 0.15) is 0 Å². The molecular formula is C24H30N2O3S. The van der Waals surface area contributed by atoms with Crippen LogP contribution in [0.15, 0.2) is 59.5 Å². The summed E-state index contributed by atoms with van der Waals surface area (Å²) in [5.74, 6) is 0.349. The van der Waals surface area contributed by atoms with Crippen LogP contribution in [0.3, 0.4) is 0 Å². The maximum absolute atomic E-state index is 12.6. The van der Waals surface area contributed by atoms with Gasteiger partial charge in [0.2, 0.25) is 15.9 Å². The number of carbonyl (C=O) groups is 1. The lowest BCUT2D eigenvalue weighted by atomic mass is 10.0. The fourth-order valence-corrected chi connectivity index (χ4v) is 4.97. The molecule has 2 aromatic carbocycles. The number of sulfonamides is 1. The fourth-order valence-electron chi connectivity index (χ4n) is 3.51. The predicted octanol–water partition coefficient (Wildman–Crippen LogP) is 4.31. The average molecular weight is 427 g/mol. The second-order valence-corrected chi connectivity index (χ2v) is 9.66. The van der Waals surface area contributed by atoms with Crippen LogP contribution in [0.5, 0.6) is 0 Å². The van der Waals surface area contributed by atoms with Gasteiger partial charge < -0.3 is 5.32 Å². The first-order valence-electron chi connectivity index (χ1n) is 10.5. The van der Waals surface area contributed by atoms with Crippen LogP contribution in [0.1, 0.15) is 49.4 Å². The number of hydrogen-bond donors (Lipinski definition) is 1. The zero-order chi connectivity index (χ0) is 21.7. The predicted molar refractivity (Wildman–Crippen MR) is 120 cm³/mol. The van der Waals surface area contributed by atoms with Gasteiger partial charge in [0.15, 0.2) is 0 Å². The van der Waals surface area contributed by atoms with Crippen molar-refractivity contribution in [1.82, 2.24) is 9.62 Å². The van der Waals surface area contributed by atoms with E-state index >= 15 is 0 Å². The van der Waals surface area contributed by atoms with Gasteiger partial charge in [-0.2, -0.15) is 4.31 Å². The molecule has 1 N–H and O–H groups in total. The molecule has 0 saturated heterocycles. The van der Waals surface area contributed by atoms with Crippen LogP contribution in [0.2, 0.25) is 0 Å². The normalized spacial score (nSPS) is 15.5. The first-order valence-corrected chi connectivity index (χ1v) is 11.9. The maximum Gasteiger partial charge on any atom is 0.244 e. The average Bonchev–Trinajstić information content (AvgIpc) is 3.57. The van der Waals surface area contributed by atoms with Crippen molar-refractivity contribution in [1.29, 1.82) is 0 Å². The third-order valence-electron chi connectivity index (χ3n) is 5.48. The maximum atomic E-state index is 12.6. The zero-order valence-corrected chi connectivity index (χ0v) is 18.7. The van der Waals surface area contributed by atoms with Gasteiger partial charge >= 0.3 is 0 Å². The molecule has 1 aliphatic carbocycles. The minimum absolute atomic E-state index is 0.0318. The van der Waals surface area contributed by atoms with Crippen LogP contribution in [0, 0.1) is 12.8 Å². The Balaban J connectivity index is 1.66. The van der Waals surface area contributed by atoms with Crippen molar-refractivity contribution in [3.8, 4) is 0 Å². The molecule has 0 bridgehead atoms. The minimum Gasteiger partial charge on any atom is -0.345 e. The molecule has 1 atom stereocenters. The highest BCUT2D eigenvalue weighted by atomic mass is 32.2. The van der Waals surface area contributed by atoms with Gasteiger partial charge in [0.25, 0.3) is 0 Å². The summed E-state index contributed by atoms with van der Waals surface area (Å²) in [5, 5.41) is 3.12. The lowest BCUT2D eigenvalue weighted by molar-refractivity contribution is -0.117. The molecule has 30 heavy (non-hydrogen) atoms. The van der Waals surface area contributed by atoms with Crippen molar-refractivity contribution in [2.24, 2.45) is 5.92 Å². The minimum atomic E-state index is -3.47. The number of nitrogens with one attached hydrogen (secondary N) is 1. The topological polar surface area (TPSA) is 66.5 Å². The Morgan fingerprint density at radius 1 is 1.07 bits per heavy atom. The van der Waals surface area contributed by atoms with E-state index in [1.165, 1.54) is 15.9 Å². The van der Waals surface area contributed by atoms with Crippen LogP contribution in [0.25, 0.3) is 6.08 Å². The van der Waals surface area contributed by atoms with Crippen LogP contribution < -0.4 is 5.32 Å². The summed E-state index contributed by atoms with van der Waals surface area (Å²) in [6, 6.07) is 15.0. The number of rotatable bonds is 9. The SMILES string of the molecule is CCN(CC)S(=O)(=O)c1ccc(/C=C/C(=O)NC(c2ccc(C)cc2)C2CC2)cc1. The monoisotopic (exact) mass is 426 g/mol. The van der Waals surface area contributed by atoms with Gasteiger partial charge in [-0.1, -0.05) is 55.8 Å². The van der Waals surface area contributed by atoms with E-state index in [0.717, 1.165) is 24.0 Å². The largest absolute Gasteiger partial charge is 0.345 e. The molecule has 2 aromatic rings. The lowest BCUT2D eigenvalue weighted by Gasteiger charge is -2.18. The smallest absolute Gasteiger partial charge is 0.244 e. The number of carbonyl (C=O) groups excluding carboxylic acids is 1. The molecule has 1 aliphatic rings. The molecule has 0 heterocycles. The van der Waals surface area contributed by atoms with E-state index in [-0.39, 0.29) is 16.8 Å². The lowest BCUT2D eigenvalue weighted by Crippen LogP contribution is -2.30. The van der Waals surface area contributed by atoms with Crippen molar-refractivity contribution >= 4 is 22.0 Å².